The van der Waals surface area contributed by atoms with Gasteiger partial charge in [-0.15, -0.1) is 0 Å². The summed E-state index contributed by atoms with van der Waals surface area (Å²) in [6.45, 7) is 1.83. The molecule has 0 bridgehead atoms. The minimum Gasteiger partial charge on any atom is -0.383 e. The molecule has 100 valence electrons. The first-order chi connectivity index (χ1) is 9.03. The molecule has 1 aromatic heterocycles. The van der Waals surface area contributed by atoms with Gasteiger partial charge in [-0.05, 0) is 36.2 Å². The maximum Gasteiger partial charge on any atom is 0.141 e. The lowest BCUT2D eigenvalue weighted by atomic mass is 9.88. The van der Waals surface area contributed by atoms with Crippen molar-refractivity contribution < 1.29 is 13.9 Å². The smallest absolute Gasteiger partial charge is 0.141 e. The molecular weight excluding hydrogens is 248 g/mol. The maximum absolute atomic E-state index is 12.9. The second-order valence-corrected chi connectivity index (χ2v) is 4.55. The first kappa shape index (κ1) is 13.6. The summed E-state index contributed by atoms with van der Waals surface area (Å²) >= 11 is 0. The second-order valence-electron chi connectivity index (χ2n) is 4.55. The van der Waals surface area contributed by atoms with Gasteiger partial charge in [-0.3, -0.25) is 4.98 Å². The summed E-state index contributed by atoms with van der Waals surface area (Å²) < 4.78 is 25.7. The van der Waals surface area contributed by atoms with Crippen LogP contribution in [0.5, 0.6) is 0 Å². The lowest BCUT2D eigenvalue weighted by molar-refractivity contribution is 0.0282. The van der Waals surface area contributed by atoms with Gasteiger partial charge in [0.25, 0.3) is 0 Å². The zero-order valence-electron chi connectivity index (χ0n) is 10.6. The third-order valence-corrected chi connectivity index (χ3v) is 3.20. The number of rotatable bonds is 4. The topological polar surface area (TPSA) is 33.1 Å². The Bertz CT molecular complexity index is 539. The van der Waals surface area contributed by atoms with Crippen LogP contribution in [0.25, 0.3) is 0 Å². The number of aliphatic hydroxyl groups is 1. The van der Waals surface area contributed by atoms with Gasteiger partial charge in [-0.1, -0.05) is 19.1 Å². The zero-order chi connectivity index (χ0) is 13.9. The first-order valence-electron chi connectivity index (χ1n) is 6.12. The van der Waals surface area contributed by atoms with Crippen LogP contribution in [-0.4, -0.2) is 10.1 Å². The predicted octanol–water partition coefficient (Wildman–Crippen LogP) is 3.20. The summed E-state index contributed by atoms with van der Waals surface area (Å²) in [5, 5.41) is 10.6. The molecule has 1 unspecified atom stereocenters. The zero-order valence-corrected chi connectivity index (χ0v) is 10.6. The van der Waals surface area contributed by atoms with Crippen LogP contribution < -0.4 is 0 Å². The average Bonchev–Trinajstić information content (AvgIpc) is 2.42. The van der Waals surface area contributed by atoms with Crippen LogP contribution in [-0.2, 0) is 12.0 Å². The Balaban J connectivity index is 2.27. The van der Waals surface area contributed by atoms with Crippen molar-refractivity contribution >= 4 is 0 Å². The molecule has 0 saturated carbocycles. The van der Waals surface area contributed by atoms with Crippen LogP contribution in [0.15, 0.2) is 42.6 Å². The summed E-state index contributed by atoms with van der Waals surface area (Å²) in [5.41, 5.74) is 0.0449. The highest BCUT2D eigenvalue weighted by atomic mass is 19.1. The molecule has 1 atom stereocenters. The van der Waals surface area contributed by atoms with Crippen molar-refractivity contribution in [2.24, 2.45) is 0 Å². The third-order valence-electron chi connectivity index (χ3n) is 3.20. The summed E-state index contributed by atoms with van der Waals surface area (Å²) in [5.74, 6) is -0.757. The van der Waals surface area contributed by atoms with Crippen LogP contribution in [0.1, 0.15) is 24.6 Å². The quantitative estimate of drug-likeness (QED) is 0.919. The Morgan fingerprint density at radius 2 is 1.68 bits per heavy atom. The van der Waals surface area contributed by atoms with Gasteiger partial charge in [0.1, 0.15) is 17.2 Å². The lowest BCUT2D eigenvalue weighted by Gasteiger charge is -2.26. The molecule has 0 fully saturated rings. The third kappa shape index (κ3) is 3.15. The Labute approximate surface area is 110 Å². The molecule has 0 aliphatic carbocycles. The van der Waals surface area contributed by atoms with E-state index in [1.54, 1.807) is 12.1 Å². The van der Waals surface area contributed by atoms with Gasteiger partial charge in [0.2, 0.25) is 0 Å². The molecular formula is C15H15F2NO. The van der Waals surface area contributed by atoms with Crippen molar-refractivity contribution in [3.05, 3.63) is 65.5 Å². The standard InChI is InChI=1S/C15H15F2NO/c1-2-15(19,14-8-7-13(17)10-18-14)9-11-3-5-12(16)6-4-11/h3-8,10,19H,2,9H2,1H3. The number of benzene rings is 1. The molecule has 2 nitrogen and oxygen atoms in total. The molecule has 0 aliphatic rings. The van der Waals surface area contributed by atoms with Crippen molar-refractivity contribution in [1.82, 2.24) is 4.98 Å². The van der Waals surface area contributed by atoms with E-state index >= 15 is 0 Å². The number of hydrogen-bond acceptors (Lipinski definition) is 2. The van der Waals surface area contributed by atoms with E-state index in [0.717, 1.165) is 11.8 Å². The number of pyridine rings is 1. The molecule has 2 aromatic rings. The van der Waals surface area contributed by atoms with Crippen LogP contribution in [0.4, 0.5) is 8.78 Å². The summed E-state index contributed by atoms with van der Waals surface area (Å²) in [6, 6.07) is 8.70. The minimum absolute atomic E-state index is 0.308. The van der Waals surface area contributed by atoms with Gasteiger partial charge in [0, 0.05) is 6.42 Å². The van der Waals surface area contributed by atoms with Crippen molar-refractivity contribution in [1.29, 1.82) is 0 Å². The Kier molecular flexibility index (Phi) is 3.90. The fourth-order valence-electron chi connectivity index (χ4n) is 1.99. The molecule has 0 amide bonds. The van der Waals surface area contributed by atoms with Crippen LogP contribution >= 0.6 is 0 Å². The monoisotopic (exact) mass is 263 g/mol. The molecule has 0 aliphatic heterocycles. The van der Waals surface area contributed by atoms with E-state index in [1.165, 1.54) is 24.3 Å². The Morgan fingerprint density at radius 3 is 2.21 bits per heavy atom. The Morgan fingerprint density at radius 1 is 1.05 bits per heavy atom. The van der Waals surface area contributed by atoms with E-state index in [4.69, 9.17) is 0 Å². The molecule has 0 spiro atoms. The lowest BCUT2D eigenvalue weighted by Crippen LogP contribution is -2.29. The van der Waals surface area contributed by atoms with E-state index in [-0.39, 0.29) is 5.82 Å². The van der Waals surface area contributed by atoms with E-state index in [2.05, 4.69) is 4.98 Å². The van der Waals surface area contributed by atoms with Crippen molar-refractivity contribution in [2.75, 3.05) is 0 Å². The molecule has 0 saturated heterocycles. The fourth-order valence-corrected chi connectivity index (χ4v) is 1.99. The number of hydrogen-bond donors (Lipinski definition) is 1. The summed E-state index contributed by atoms with van der Waals surface area (Å²) in [4.78, 5) is 3.94. The van der Waals surface area contributed by atoms with Gasteiger partial charge in [0.15, 0.2) is 0 Å². The van der Waals surface area contributed by atoms with Crippen molar-refractivity contribution in [3.63, 3.8) is 0 Å². The number of halogens is 2. The van der Waals surface area contributed by atoms with E-state index in [9.17, 15) is 13.9 Å². The van der Waals surface area contributed by atoms with Gasteiger partial charge < -0.3 is 5.11 Å². The van der Waals surface area contributed by atoms with Crippen LogP contribution in [0.2, 0.25) is 0 Å². The van der Waals surface area contributed by atoms with Gasteiger partial charge in [-0.25, -0.2) is 8.78 Å². The Hall–Kier alpha value is -1.81. The highest BCUT2D eigenvalue weighted by Crippen LogP contribution is 2.27. The summed E-state index contributed by atoms with van der Waals surface area (Å²) in [7, 11) is 0. The largest absolute Gasteiger partial charge is 0.383 e. The number of aromatic nitrogens is 1. The molecule has 0 radical (unpaired) electrons. The highest BCUT2D eigenvalue weighted by molar-refractivity contribution is 5.22. The average molecular weight is 263 g/mol. The summed E-state index contributed by atoms with van der Waals surface area (Å²) in [6.07, 6.45) is 1.83. The minimum atomic E-state index is -1.18. The highest BCUT2D eigenvalue weighted by Gasteiger charge is 2.29. The van der Waals surface area contributed by atoms with E-state index in [0.29, 0.717) is 18.5 Å². The fraction of sp³-hybridized carbons (Fsp3) is 0.267. The molecule has 1 heterocycles. The van der Waals surface area contributed by atoms with Gasteiger partial charge in [0.05, 0.1) is 11.9 Å². The predicted molar refractivity (Wildman–Crippen MR) is 68.5 cm³/mol. The molecule has 19 heavy (non-hydrogen) atoms. The van der Waals surface area contributed by atoms with Crippen LogP contribution in [0.3, 0.4) is 0 Å². The van der Waals surface area contributed by atoms with Gasteiger partial charge in [-0.2, -0.15) is 0 Å². The second kappa shape index (κ2) is 5.45. The van der Waals surface area contributed by atoms with Crippen molar-refractivity contribution in [3.8, 4) is 0 Å². The molecule has 2 rings (SSSR count). The van der Waals surface area contributed by atoms with Crippen LogP contribution in [0, 0.1) is 11.6 Å². The SMILES string of the molecule is CCC(O)(Cc1ccc(F)cc1)c1ccc(F)cn1. The molecule has 4 heteroatoms. The molecule has 1 N–H and O–H groups in total. The number of nitrogens with zero attached hydrogens (tertiary/aromatic N) is 1. The van der Waals surface area contributed by atoms with Crippen molar-refractivity contribution in [2.45, 2.75) is 25.4 Å². The normalized spacial score (nSPS) is 14.1. The van der Waals surface area contributed by atoms with E-state index in [1.807, 2.05) is 6.92 Å². The maximum atomic E-state index is 12.9. The molecule has 1 aromatic carbocycles. The van der Waals surface area contributed by atoms with E-state index < -0.39 is 11.4 Å². The first-order valence-corrected chi connectivity index (χ1v) is 6.12. The van der Waals surface area contributed by atoms with Gasteiger partial charge >= 0.3 is 0 Å².